The highest BCUT2D eigenvalue weighted by atomic mass is 35.5. The molecule has 0 spiro atoms. The molecule has 0 saturated carbocycles. The number of thiophene rings is 1. The summed E-state index contributed by atoms with van der Waals surface area (Å²) in [5.41, 5.74) is 6.73. The van der Waals surface area contributed by atoms with Crippen LogP contribution in [0.15, 0.2) is 23.6 Å². The Labute approximate surface area is 117 Å². The Bertz CT molecular complexity index is 656. The minimum atomic E-state index is -0.300. The molecule has 0 aliphatic carbocycles. The van der Waals surface area contributed by atoms with Gasteiger partial charge in [0.2, 0.25) is 6.79 Å². The zero-order valence-corrected chi connectivity index (χ0v) is 11.2. The van der Waals surface area contributed by atoms with Crippen LogP contribution in [0, 0.1) is 0 Å². The molecule has 2 aromatic rings. The fraction of sp³-hybridized carbons (Fsp3) is 0.0833. The third-order valence-electron chi connectivity index (χ3n) is 2.62. The second-order valence-corrected chi connectivity index (χ2v) is 5.17. The Kier molecular flexibility index (Phi) is 2.96. The van der Waals surface area contributed by atoms with Crippen LogP contribution in [-0.2, 0) is 0 Å². The van der Waals surface area contributed by atoms with Crippen molar-refractivity contribution in [3.8, 4) is 11.5 Å². The number of carbonyl (C=O) groups is 1. The fourth-order valence-corrected chi connectivity index (χ4v) is 2.74. The molecular formula is C12H9ClN2O3S. The molecule has 0 fully saturated rings. The first-order valence-electron chi connectivity index (χ1n) is 5.38. The van der Waals surface area contributed by atoms with Crippen molar-refractivity contribution in [1.82, 2.24) is 0 Å². The molecule has 1 amide bonds. The van der Waals surface area contributed by atoms with Gasteiger partial charge in [-0.25, -0.2) is 0 Å². The summed E-state index contributed by atoms with van der Waals surface area (Å²) < 4.78 is 10.4. The highest BCUT2D eigenvalue weighted by Gasteiger charge is 2.18. The molecule has 0 unspecified atom stereocenters. The van der Waals surface area contributed by atoms with E-state index < -0.39 is 0 Å². The second-order valence-electron chi connectivity index (χ2n) is 3.84. The molecule has 7 heteroatoms. The number of anilines is 2. The maximum absolute atomic E-state index is 12.0. The molecule has 2 heterocycles. The van der Waals surface area contributed by atoms with Gasteiger partial charge in [0.1, 0.15) is 4.88 Å². The highest BCUT2D eigenvalue weighted by Crippen LogP contribution is 2.38. The molecule has 1 aliphatic rings. The Morgan fingerprint density at radius 3 is 2.79 bits per heavy atom. The van der Waals surface area contributed by atoms with Crippen LogP contribution in [0.2, 0.25) is 5.02 Å². The summed E-state index contributed by atoms with van der Waals surface area (Å²) in [4.78, 5) is 12.5. The Morgan fingerprint density at radius 2 is 2.11 bits per heavy atom. The van der Waals surface area contributed by atoms with E-state index in [9.17, 15) is 4.79 Å². The van der Waals surface area contributed by atoms with Gasteiger partial charge < -0.3 is 20.5 Å². The van der Waals surface area contributed by atoms with E-state index in [1.54, 1.807) is 23.6 Å². The largest absolute Gasteiger partial charge is 0.454 e. The molecule has 3 rings (SSSR count). The smallest absolute Gasteiger partial charge is 0.267 e. The van der Waals surface area contributed by atoms with E-state index in [-0.39, 0.29) is 12.7 Å². The van der Waals surface area contributed by atoms with Crippen molar-refractivity contribution in [2.45, 2.75) is 0 Å². The first-order chi connectivity index (χ1) is 9.15. The molecule has 0 radical (unpaired) electrons. The summed E-state index contributed by atoms with van der Waals surface area (Å²) in [7, 11) is 0. The number of benzene rings is 1. The van der Waals surface area contributed by atoms with Crippen LogP contribution in [0.4, 0.5) is 11.4 Å². The zero-order chi connectivity index (χ0) is 13.4. The zero-order valence-electron chi connectivity index (χ0n) is 9.60. The van der Waals surface area contributed by atoms with E-state index in [0.717, 1.165) is 0 Å². The minimum absolute atomic E-state index is 0.156. The molecule has 19 heavy (non-hydrogen) atoms. The lowest BCUT2D eigenvalue weighted by Crippen LogP contribution is -2.12. The summed E-state index contributed by atoms with van der Waals surface area (Å²) in [6.45, 7) is 0.156. The first kappa shape index (κ1) is 12.1. The average Bonchev–Trinajstić information content (AvgIpc) is 2.98. The van der Waals surface area contributed by atoms with Gasteiger partial charge in [0.15, 0.2) is 11.5 Å². The van der Waals surface area contributed by atoms with Gasteiger partial charge in [-0.3, -0.25) is 4.79 Å². The van der Waals surface area contributed by atoms with Gasteiger partial charge in [-0.2, -0.15) is 0 Å². The molecule has 1 aliphatic heterocycles. The van der Waals surface area contributed by atoms with Gasteiger partial charge in [0, 0.05) is 12.1 Å². The van der Waals surface area contributed by atoms with Crippen molar-refractivity contribution >= 4 is 40.2 Å². The van der Waals surface area contributed by atoms with Crippen molar-refractivity contribution in [1.29, 1.82) is 0 Å². The van der Waals surface area contributed by atoms with Crippen LogP contribution in [0.3, 0.4) is 0 Å². The summed E-state index contributed by atoms with van der Waals surface area (Å²) in [5, 5.41) is 4.88. The third-order valence-corrected chi connectivity index (χ3v) is 3.96. The third kappa shape index (κ3) is 2.20. The average molecular weight is 297 g/mol. The SMILES string of the molecule is Nc1cc2c(cc1NC(=O)c1sccc1Cl)OCO2. The number of hydrogen-bond donors (Lipinski definition) is 2. The highest BCUT2D eigenvalue weighted by molar-refractivity contribution is 7.12. The number of carbonyl (C=O) groups excluding carboxylic acids is 1. The molecule has 0 bridgehead atoms. The van der Waals surface area contributed by atoms with Crippen LogP contribution in [0.25, 0.3) is 0 Å². The molecule has 1 aromatic heterocycles. The van der Waals surface area contributed by atoms with Crippen LogP contribution in [0.1, 0.15) is 9.67 Å². The van der Waals surface area contributed by atoms with E-state index >= 15 is 0 Å². The minimum Gasteiger partial charge on any atom is -0.454 e. The lowest BCUT2D eigenvalue weighted by atomic mass is 10.2. The van der Waals surface area contributed by atoms with Crippen LogP contribution < -0.4 is 20.5 Å². The molecule has 5 nitrogen and oxygen atoms in total. The quantitative estimate of drug-likeness (QED) is 0.836. The number of ether oxygens (including phenoxy) is 2. The first-order valence-corrected chi connectivity index (χ1v) is 6.64. The van der Waals surface area contributed by atoms with Crippen molar-refractivity contribution in [2.24, 2.45) is 0 Å². The Morgan fingerprint density at radius 1 is 1.37 bits per heavy atom. The summed E-state index contributed by atoms with van der Waals surface area (Å²) >= 11 is 7.18. The van der Waals surface area contributed by atoms with Gasteiger partial charge in [-0.15, -0.1) is 11.3 Å². The second kappa shape index (κ2) is 4.64. The number of amides is 1. The van der Waals surface area contributed by atoms with Crippen molar-refractivity contribution in [3.05, 3.63) is 33.5 Å². The van der Waals surface area contributed by atoms with Gasteiger partial charge in [-0.05, 0) is 11.4 Å². The molecular weight excluding hydrogens is 288 g/mol. The van der Waals surface area contributed by atoms with E-state index in [1.165, 1.54) is 11.3 Å². The lowest BCUT2D eigenvalue weighted by Gasteiger charge is -2.08. The van der Waals surface area contributed by atoms with E-state index in [4.69, 9.17) is 26.8 Å². The van der Waals surface area contributed by atoms with E-state index in [2.05, 4.69) is 5.32 Å². The normalized spacial score (nSPS) is 12.5. The predicted molar refractivity (Wildman–Crippen MR) is 74.3 cm³/mol. The van der Waals surface area contributed by atoms with Gasteiger partial charge >= 0.3 is 0 Å². The number of rotatable bonds is 2. The van der Waals surface area contributed by atoms with Gasteiger partial charge in [0.05, 0.1) is 16.4 Å². The van der Waals surface area contributed by atoms with Gasteiger partial charge in [0.25, 0.3) is 5.91 Å². The predicted octanol–water partition coefficient (Wildman–Crippen LogP) is 2.96. The fourth-order valence-electron chi connectivity index (χ4n) is 1.70. The Balaban J connectivity index is 1.88. The van der Waals surface area contributed by atoms with Crippen molar-refractivity contribution < 1.29 is 14.3 Å². The number of nitrogen functional groups attached to an aromatic ring is 1. The molecule has 0 atom stereocenters. The molecule has 0 saturated heterocycles. The van der Waals surface area contributed by atoms with Crippen LogP contribution in [-0.4, -0.2) is 12.7 Å². The summed E-state index contributed by atoms with van der Waals surface area (Å²) in [6, 6.07) is 4.93. The summed E-state index contributed by atoms with van der Waals surface area (Å²) in [6.07, 6.45) is 0. The van der Waals surface area contributed by atoms with Crippen molar-refractivity contribution in [3.63, 3.8) is 0 Å². The standard InChI is InChI=1S/C12H9ClN2O3S/c13-6-1-2-19-11(6)12(16)15-8-4-10-9(3-7(8)14)17-5-18-10/h1-4H,5,14H2,(H,15,16). The molecule has 98 valence electrons. The Hall–Kier alpha value is -1.92. The molecule has 3 N–H and O–H groups in total. The van der Waals surface area contributed by atoms with Crippen LogP contribution >= 0.6 is 22.9 Å². The van der Waals surface area contributed by atoms with E-state index in [0.29, 0.717) is 32.8 Å². The van der Waals surface area contributed by atoms with Crippen LogP contribution in [0.5, 0.6) is 11.5 Å². The maximum Gasteiger partial charge on any atom is 0.267 e. The topological polar surface area (TPSA) is 73.6 Å². The lowest BCUT2D eigenvalue weighted by molar-refractivity contribution is 0.103. The number of fused-ring (bicyclic) bond motifs is 1. The maximum atomic E-state index is 12.0. The number of hydrogen-bond acceptors (Lipinski definition) is 5. The molecule has 1 aromatic carbocycles. The monoisotopic (exact) mass is 296 g/mol. The van der Waals surface area contributed by atoms with E-state index in [1.807, 2.05) is 0 Å². The number of nitrogens with two attached hydrogens (primary N) is 1. The summed E-state index contributed by atoms with van der Waals surface area (Å²) in [5.74, 6) is 0.831. The number of nitrogens with one attached hydrogen (secondary N) is 1. The van der Waals surface area contributed by atoms with Crippen molar-refractivity contribution in [2.75, 3.05) is 17.8 Å². The van der Waals surface area contributed by atoms with Gasteiger partial charge in [-0.1, -0.05) is 11.6 Å². The number of halogens is 1.